The van der Waals surface area contributed by atoms with Gasteiger partial charge in [0.1, 0.15) is 11.4 Å². The number of benzene rings is 1. The summed E-state index contributed by atoms with van der Waals surface area (Å²) >= 11 is 0. The zero-order chi connectivity index (χ0) is 21.2. The molecule has 0 bridgehead atoms. The SMILES string of the molecule is CCC1(CC)C[C@@H](NC(=O)[C@H]2CCCN(S(=O)(=O)N(C)C)C2)c2ccccc2O1. The maximum Gasteiger partial charge on any atom is 0.281 e. The highest BCUT2D eigenvalue weighted by molar-refractivity contribution is 7.86. The van der Waals surface area contributed by atoms with Crippen molar-refractivity contribution in [2.45, 2.75) is 57.6 Å². The monoisotopic (exact) mass is 423 g/mol. The number of carbonyl (C=O) groups excluding carboxylic acids is 1. The van der Waals surface area contributed by atoms with Crippen LogP contribution >= 0.6 is 0 Å². The number of para-hydroxylation sites is 1. The van der Waals surface area contributed by atoms with E-state index in [1.165, 1.54) is 22.7 Å². The lowest BCUT2D eigenvalue weighted by atomic mass is 9.83. The zero-order valence-corrected chi connectivity index (χ0v) is 18.7. The first-order valence-corrected chi connectivity index (χ1v) is 11.9. The van der Waals surface area contributed by atoms with Gasteiger partial charge in [0, 0.05) is 39.2 Å². The average molecular weight is 424 g/mol. The molecule has 0 unspecified atom stereocenters. The Balaban J connectivity index is 1.77. The van der Waals surface area contributed by atoms with Gasteiger partial charge in [-0.05, 0) is 31.7 Å². The predicted molar refractivity (Wildman–Crippen MR) is 113 cm³/mol. The second kappa shape index (κ2) is 8.62. The van der Waals surface area contributed by atoms with E-state index >= 15 is 0 Å². The normalized spacial score (nSPS) is 24.6. The van der Waals surface area contributed by atoms with Crippen LogP contribution in [0.4, 0.5) is 0 Å². The molecule has 2 atom stereocenters. The van der Waals surface area contributed by atoms with Crippen LogP contribution < -0.4 is 10.1 Å². The third-order valence-electron chi connectivity index (χ3n) is 6.34. The van der Waals surface area contributed by atoms with Gasteiger partial charge in [-0.25, -0.2) is 0 Å². The number of rotatable bonds is 6. The summed E-state index contributed by atoms with van der Waals surface area (Å²) in [5, 5.41) is 3.22. The van der Waals surface area contributed by atoms with Crippen molar-refractivity contribution in [3.05, 3.63) is 29.8 Å². The number of carbonyl (C=O) groups is 1. The minimum Gasteiger partial charge on any atom is -0.487 e. The standard InChI is InChI=1S/C21H33N3O4S/c1-5-21(6-2)14-18(17-11-7-8-12-19(17)28-21)22-20(25)16-10-9-13-24(15-16)29(26,27)23(3)4/h7-8,11-12,16,18H,5-6,9-10,13-15H2,1-4H3,(H,22,25)/t16-,18+/m0/s1. The topological polar surface area (TPSA) is 79.0 Å². The molecule has 0 aliphatic carbocycles. The molecule has 1 amide bonds. The van der Waals surface area contributed by atoms with Crippen molar-refractivity contribution in [1.82, 2.24) is 13.9 Å². The molecule has 0 radical (unpaired) electrons. The molecular weight excluding hydrogens is 390 g/mol. The third-order valence-corrected chi connectivity index (χ3v) is 8.25. The number of piperidine rings is 1. The summed E-state index contributed by atoms with van der Waals surface area (Å²) in [6.45, 7) is 4.91. The summed E-state index contributed by atoms with van der Waals surface area (Å²) in [7, 11) is -0.466. The van der Waals surface area contributed by atoms with Crippen LogP contribution in [0, 0.1) is 5.92 Å². The fourth-order valence-electron chi connectivity index (χ4n) is 4.32. The van der Waals surface area contributed by atoms with Gasteiger partial charge in [-0.2, -0.15) is 17.0 Å². The largest absolute Gasteiger partial charge is 0.487 e. The van der Waals surface area contributed by atoms with E-state index in [4.69, 9.17) is 4.74 Å². The molecule has 1 aromatic carbocycles. The average Bonchev–Trinajstić information content (AvgIpc) is 2.73. The van der Waals surface area contributed by atoms with Crippen LogP contribution in [0.25, 0.3) is 0 Å². The molecule has 0 saturated carbocycles. The van der Waals surface area contributed by atoms with Crippen molar-refractivity contribution in [2.24, 2.45) is 5.92 Å². The van der Waals surface area contributed by atoms with Crippen molar-refractivity contribution in [3.8, 4) is 5.75 Å². The summed E-state index contributed by atoms with van der Waals surface area (Å²) in [6, 6.07) is 7.73. The van der Waals surface area contributed by atoms with Gasteiger partial charge in [0.15, 0.2) is 0 Å². The Hall–Kier alpha value is -1.64. The number of hydrogen-bond acceptors (Lipinski definition) is 4. The quantitative estimate of drug-likeness (QED) is 0.763. The number of fused-ring (bicyclic) bond motifs is 1. The van der Waals surface area contributed by atoms with Crippen LogP contribution in [0.1, 0.15) is 57.6 Å². The number of nitrogens with one attached hydrogen (secondary N) is 1. The summed E-state index contributed by atoms with van der Waals surface area (Å²) in [5.74, 6) is 0.408. The van der Waals surface area contributed by atoms with Gasteiger partial charge < -0.3 is 10.1 Å². The van der Waals surface area contributed by atoms with E-state index in [-0.39, 0.29) is 30.0 Å². The van der Waals surface area contributed by atoms with Crippen molar-refractivity contribution in [1.29, 1.82) is 0 Å². The van der Waals surface area contributed by atoms with Gasteiger partial charge in [0.05, 0.1) is 12.0 Å². The maximum absolute atomic E-state index is 13.1. The number of amides is 1. The fourth-order valence-corrected chi connectivity index (χ4v) is 5.51. The van der Waals surface area contributed by atoms with Gasteiger partial charge in [0.2, 0.25) is 5.91 Å². The summed E-state index contributed by atoms with van der Waals surface area (Å²) < 4.78 is 33.9. The highest BCUT2D eigenvalue weighted by Crippen LogP contribution is 2.42. The van der Waals surface area contributed by atoms with Crippen molar-refractivity contribution in [3.63, 3.8) is 0 Å². The second-order valence-corrected chi connectivity index (χ2v) is 10.4. The molecule has 3 rings (SSSR count). The molecule has 1 fully saturated rings. The Kier molecular flexibility index (Phi) is 6.55. The molecular formula is C21H33N3O4S. The lowest BCUT2D eigenvalue weighted by Crippen LogP contribution is -2.50. The van der Waals surface area contributed by atoms with Crippen LogP contribution in [-0.2, 0) is 15.0 Å². The Morgan fingerprint density at radius 3 is 2.62 bits per heavy atom. The molecule has 0 spiro atoms. The Morgan fingerprint density at radius 1 is 1.28 bits per heavy atom. The van der Waals surface area contributed by atoms with E-state index in [0.29, 0.717) is 19.4 Å². The number of hydrogen-bond donors (Lipinski definition) is 1. The maximum atomic E-state index is 13.1. The van der Waals surface area contributed by atoms with Crippen molar-refractivity contribution in [2.75, 3.05) is 27.2 Å². The zero-order valence-electron chi connectivity index (χ0n) is 17.8. The minimum atomic E-state index is -3.51. The van der Waals surface area contributed by atoms with Gasteiger partial charge in [-0.15, -0.1) is 0 Å². The molecule has 7 nitrogen and oxygen atoms in total. The van der Waals surface area contributed by atoms with Crippen LogP contribution in [0.5, 0.6) is 5.75 Å². The molecule has 29 heavy (non-hydrogen) atoms. The molecule has 1 N–H and O–H groups in total. The Labute approximate surface area is 174 Å². The van der Waals surface area contributed by atoms with E-state index in [0.717, 1.165) is 30.6 Å². The molecule has 2 aliphatic rings. The van der Waals surface area contributed by atoms with Crippen LogP contribution in [-0.4, -0.2) is 55.7 Å². The highest BCUT2D eigenvalue weighted by Gasteiger charge is 2.40. The molecule has 162 valence electrons. The van der Waals surface area contributed by atoms with Gasteiger partial charge in [0.25, 0.3) is 10.2 Å². The molecule has 1 aromatic rings. The lowest BCUT2D eigenvalue weighted by molar-refractivity contribution is -0.127. The van der Waals surface area contributed by atoms with E-state index in [1.807, 2.05) is 24.3 Å². The molecule has 2 aliphatic heterocycles. The number of ether oxygens (including phenoxy) is 1. The van der Waals surface area contributed by atoms with Crippen molar-refractivity contribution < 1.29 is 17.9 Å². The van der Waals surface area contributed by atoms with E-state index in [2.05, 4.69) is 19.2 Å². The lowest BCUT2D eigenvalue weighted by Gasteiger charge is -2.42. The Morgan fingerprint density at radius 2 is 1.97 bits per heavy atom. The molecule has 0 aromatic heterocycles. The van der Waals surface area contributed by atoms with Gasteiger partial charge in [-0.1, -0.05) is 32.0 Å². The summed E-state index contributed by atoms with van der Waals surface area (Å²) in [4.78, 5) is 13.1. The van der Waals surface area contributed by atoms with Crippen LogP contribution in [0.15, 0.2) is 24.3 Å². The highest BCUT2D eigenvalue weighted by atomic mass is 32.2. The van der Waals surface area contributed by atoms with Gasteiger partial charge >= 0.3 is 0 Å². The Bertz CT molecular complexity index is 836. The predicted octanol–water partition coefficient (Wildman–Crippen LogP) is 2.70. The van der Waals surface area contributed by atoms with Crippen molar-refractivity contribution >= 4 is 16.1 Å². The summed E-state index contributed by atoms with van der Waals surface area (Å²) in [6.07, 6.45) is 3.83. The van der Waals surface area contributed by atoms with E-state index < -0.39 is 10.2 Å². The van der Waals surface area contributed by atoms with E-state index in [1.54, 1.807) is 0 Å². The van der Waals surface area contributed by atoms with Crippen LogP contribution in [0.2, 0.25) is 0 Å². The first-order valence-electron chi connectivity index (χ1n) is 10.5. The van der Waals surface area contributed by atoms with E-state index in [9.17, 15) is 13.2 Å². The first-order chi connectivity index (χ1) is 13.7. The third kappa shape index (κ3) is 4.44. The van der Waals surface area contributed by atoms with Crippen LogP contribution in [0.3, 0.4) is 0 Å². The minimum absolute atomic E-state index is 0.0773. The molecule has 1 saturated heterocycles. The number of nitrogens with zero attached hydrogens (tertiary/aromatic N) is 2. The summed E-state index contributed by atoms with van der Waals surface area (Å²) in [5.41, 5.74) is 0.700. The molecule has 8 heteroatoms. The fraction of sp³-hybridized carbons (Fsp3) is 0.667. The smallest absolute Gasteiger partial charge is 0.281 e. The molecule has 2 heterocycles. The van der Waals surface area contributed by atoms with Gasteiger partial charge in [-0.3, -0.25) is 4.79 Å². The first kappa shape index (κ1) is 22.1. The second-order valence-electron chi connectivity index (χ2n) is 8.28.